The van der Waals surface area contributed by atoms with Gasteiger partial charge in [0.25, 0.3) is 11.4 Å². The van der Waals surface area contributed by atoms with E-state index in [1.807, 2.05) is 13.0 Å². The lowest BCUT2D eigenvalue weighted by Gasteiger charge is -2.34. The second-order valence-electron chi connectivity index (χ2n) is 9.97. The van der Waals surface area contributed by atoms with Gasteiger partial charge >= 0.3 is 0 Å². The summed E-state index contributed by atoms with van der Waals surface area (Å²) in [5, 5.41) is 28.1. The highest BCUT2D eigenvalue weighted by Crippen LogP contribution is 2.17. The molecule has 226 valence electrons. The van der Waals surface area contributed by atoms with Gasteiger partial charge in [-0.1, -0.05) is 24.3 Å². The summed E-state index contributed by atoms with van der Waals surface area (Å²) < 4.78 is 32.0. The first-order valence-electron chi connectivity index (χ1n) is 13.3. The van der Waals surface area contributed by atoms with Crippen molar-refractivity contribution in [3.63, 3.8) is 0 Å². The lowest BCUT2D eigenvalue weighted by atomic mass is 10.2. The number of quaternary nitrogens is 1. The second kappa shape index (κ2) is 16.2. The second-order valence-corrected chi connectivity index (χ2v) is 11.4. The first kappa shape index (κ1) is 33.9. The van der Waals surface area contributed by atoms with Crippen LogP contribution in [0.2, 0.25) is 0 Å². The largest absolute Gasteiger partial charge is 0.744 e. The van der Waals surface area contributed by atoms with Gasteiger partial charge in [0.15, 0.2) is 0 Å². The summed E-state index contributed by atoms with van der Waals surface area (Å²) in [4.78, 5) is 20.4. The molecule has 0 spiro atoms. The molecule has 2 N–H and O–H groups in total. The molecule has 3 aromatic rings. The van der Waals surface area contributed by atoms with E-state index in [0.717, 1.165) is 67.0 Å². The molecular weight excluding hydrogens is 562 g/mol. The van der Waals surface area contributed by atoms with E-state index in [1.165, 1.54) is 36.4 Å². The van der Waals surface area contributed by atoms with E-state index < -0.39 is 20.0 Å². The summed E-state index contributed by atoms with van der Waals surface area (Å²) in [5.41, 5.74) is 2.84. The number of hydrogen-bond donors (Lipinski definition) is 2. The number of nitro groups is 2. The molecule has 0 aromatic heterocycles. The molecule has 3 aromatic carbocycles. The number of aryl methyl sites for hydroxylation is 1. The van der Waals surface area contributed by atoms with Crippen molar-refractivity contribution in [1.82, 2.24) is 0 Å². The summed E-state index contributed by atoms with van der Waals surface area (Å²) >= 11 is 0. The molecule has 0 aliphatic heterocycles. The van der Waals surface area contributed by atoms with E-state index in [1.54, 1.807) is 36.4 Å². The Balaban J connectivity index is 0.000000468. The van der Waals surface area contributed by atoms with Crippen LogP contribution in [-0.4, -0.2) is 67.1 Å². The Morgan fingerprint density at radius 1 is 0.786 bits per heavy atom. The summed E-state index contributed by atoms with van der Waals surface area (Å²) in [6.07, 6.45) is 3.85. The SMILES string of the molecule is C=CC[N+](C)(CCCNc1ccc([N+](=O)[O-])cc1)CCCNc1ccc([N+](=O)[O-])cc1.Cc1ccc(S(=O)(=O)[O-])cc1. The van der Waals surface area contributed by atoms with Crippen molar-refractivity contribution in [3.05, 3.63) is 111 Å². The zero-order valence-corrected chi connectivity index (χ0v) is 24.6. The minimum Gasteiger partial charge on any atom is -0.744 e. The highest BCUT2D eigenvalue weighted by Gasteiger charge is 2.19. The van der Waals surface area contributed by atoms with Crippen molar-refractivity contribution in [1.29, 1.82) is 0 Å². The number of nitrogens with zero attached hydrogens (tertiary/aromatic N) is 3. The molecule has 0 unspecified atom stereocenters. The van der Waals surface area contributed by atoms with Crippen LogP contribution in [-0.2, 0) is 10.1 Å². The average Bonchev–Trinajstić information content (AvgIpc) is 2.94. The predicted molar refractivity (Wildman–Crippen MR) is 163 cm³/mol. The Hall–Kier alpha value is -4.33. The number of anilines is 2. The number of benzene rings is 3. The predicted octanol–water partition coefficient (Wildman–Crippen LogP) is 5.34. The van der Waals surface area contributed by atoms with Crippen LogP contribution in [0.5, 0.6) is 0 Å². The van der Waals surface area contributed by atoms with Crippen LogP contribution in [0.4, 0.5) is 22.7 Å². The molecule has 13 heteroatoms. The van der Waals surface area contributed by atoms with Crippen LogP contribution in [0.25, 0.3) is 0 Å². The Kier molecular flexibility index (Phi) is 13.1. The van der Waals surface area contributed by atoms with Gasteiger partial charge in [-0.05, 0) is 49.4 Å². The fourth-order valence-corrected chi connectivity index (χ4v) is 4.57. The Morgan fingerprint density at radius 3 is 1.52 bits per heavy atom. The van der Waals surface area contributed by atoms with E-state index in [2.05, 4.69) is 24.3 Å². The van der Waals surface area contributed by atoms with Crippen LogP contribution in [0, 0.1) is 27.2 Å². The summed E-state index contributed by atoms with van der Waals surface area (Å²) in [5.74, 6) is 0. The van der Waals surface area contributed by atoms with Crippen LogP contribution in [0.3, 0.4) is 0 Å². The zero-order chi connectivity index (χ0) is 31.2. The van der Waals surface area contributed by atoms with Gasteiger partial charge in [-0.3, -0.25) is 20.2 Å². The quantitative estimate of drug-likeness (QED) is 0.0585. The molecule has 0 radical (unpaired) electrons. The molecule has 3 rings (SSSR count). The Labute approximate surface area is 246 Å². The maximum absolute atomic E-state index is 10.7. The molecule has 0 fully saturated rings. The minimum absolute atomic E-state index is 0.0862. The summed E-state index contributed by atoms with van der Waals surface area (Å²) in [7, 11) is -2.06. The molecule has 0 aliphatic carbocycles. The van der Waals surface area contributed by atoms with E-state index in [0.29, 0.717) is 0 Å². The van der Waals surface area contributed by atoms with Gasteiger partial charge in [-0.2, -0.15) is 0 Å². The van der Waals surface area contributed by atoms with Gasteiger partial charge < -0.3 is 19.7 Å². The molecule has 0 saturated heterocycles. The zero-order valence-electron chi connectivity index (χ0n) is 23.8. The fraction of sp³-hybridized carbons (Fsp3) is 0.310. The normalized spacial score (nSPS) is 11.1. The first-order chi connectivity index (χ1) is 19.8. The van der Waals surface area contributed by atoms with Crippen LogP contribution in [0.1, 0.15) is 18.4 Å². The molecule has 0 bridgehead atoms. The average molecular weight is 600 g/mol. The lowest BCUT2D eigenvalue weighted by molar-refractivity contribution is -0.904. The molecule has 0 aliphatic rings. The lowest BCUT2D eigenvalue weighted by Crippen LogP contribution is -2.46. The van der Waals surface area contributed by atoms with Crippen molar-refractivity contribution in [2.75, 3.05) is 50.4 Å². The van der Waals surface area contributed by atoms with Crippen molar-refractivity contribution < 1.29 is 27.3 Å². The van der Waals surface area contributed by atoms with Crippen molar-refractivity contribution in [3.8, 4) is 0 Å². The molecular formula is C29H37N5O7S. The third kappa shape index (κ3) is 12.0. The van der Waals surface area contributed by atoms with Gasteiger partial charge in [-0.25, -0.2) is 8.42 Å². The summed E-state index contributed by atoms with van der Waals surface area (Å²) in [6.45, 7) is 10.1. The smallest absolute Gasteiger partial charge is 0.269 e. The van der Waals surface area contributed by atoms with Crippen molar-refractivity contribution >= 4 is 32.9 Å². The summed E-state index contributed by atoms with van der Waals surface area (Å²) in [6, 6.07) is 18.7. The highest BCUT2D eigenvalue weighted by molar-refractivity contribution is 7.85. The van der Waals surface area contributed by atoms with Crippen molar-refractivity contribution in [2.45, 2.75) is 24.7 Å². The minimum atomic E-state index is -4.27. The van der Waals surface area contributed by atoms with E-state index in [-0.39, 0.29) is 16.3 Å². The molecule has 0 amide bonds. The van der Waals surface area contributed by atoms with Crippen LogP contribution < -0.4 is 10.6 Å². The molecule has 0 atom stereocenters. The van der Waals surface area contributed by atoms with E-state index in [9.17, 15) is 33.2 Å². The van der Waals surface area contributed by atoms with Gasteiger partial charge in [0.05, 0.1) is 41.4 Å². The number of nitrogens with one attached hydrogen (secondary N) is 2. The standard InChI is InChI=1S/C22H30N5O4.C7H8O3S/c1-3-16-27(2,17-4-14-23-19-6-10-21(11-7-19)25(28)29)18-5-15-24-20-8-12-22(13-9-20)26(30)31;1-6-2-4-7(5-3-6)11(8,9)10/h3,6-13,23-24H,1,4-5,14-18H2,2H3;2-5H,1H3,(H,8,9,10)/q+1;/p-1. The molecule has 42 heavy (non-hydrogen) atoms. The third-order valence-corrected chi connectivity index (χ3v) is 7.29. The topological polar surface area (TPSA) is 168 Å². The maximum Gasteiger partial charge on any atom is 0.269 e. The van der Waals surface area contributed by atoms with Gasteiger partial charge in [-0.15, -0.1) is 0 Å². The van der Waals surface area contributed by atoms with Crippen LogP contribution in [0.15, 0.2) is 90.3 Å². The number of rotatable bonds is 15. The monoisotopic (exact) mass is 599 g/mol. The number of nitro benzene ring substituents is 2. The Bertz CT molecular complexity index is 1350. The van der Waals surface area contributed by atoms with Gasteiger partial charge in [0.2, 0.25) is 0 Å². The van der Waals surface area contributed by atoms with Gasteiger partial charge in [0, 0.05) is 61.6 Å². The third-order valence-electron chi connectivity index (χ3n) is 6.44. The van der Waals surface area contributed by atoms with Crippen molar-refractivity contribution in [2.24, 2.45) is 0 Å². The molecule has 0 heterocycles. The first-order valence-corrected chi connectivity index (χ1v) is 14.7. The maximum atomic E-state index is 10.7. The number of likely N-dealkylation sites (N-methyl/N-ethyl adjacent to an activating group) is 1. The molecule has 12 nitrogen and oxygen atoms in total. The van der Waals surface area contributed by atoms with E-state index >= 15 is 0 Å². The van der Waals surface area contributed by atoms with Crippen LogP contribution >= 0.6 is 0 Å². The molecule has 0 saturated carbocycles. The number of hydrogen-bond acceptors (Lipinski definition) is 9. The fourth-order valence-electron chi connectivity index (χ4n) is 4.10. The van der Waals surface area contributed by atoms with E-state index in [4.69, 9.17) is 0 Å². The van der Waals surface area contributed by atoms with Gasteiger partial charge in [0.1, 0.15) is 10.1 Å². The number of non-ortho nitro benzene ring substituents is 2. The Morgan fingerprint density at radius 2 is 1.19 bits per heavy atom. The highest BCUT2D eigenvalue weighted by atomic mass is 32.2.